The largest absolute Gasteiger partial charge is 0.464 e. The van der Waals surface area contributed by atoms with E-state index in [1.165, 1.54) is 0 Å². The van der Waals surface area contributed by atoms with Crippen molar-refractivity contribution in [2.24, 2.45) is 5.84 Å². The molecule has 1 aliphatic heterocycles. The minimum absolute atomic E-state index is 0.318. The number of hydrogen-bond acceptors (Lipinski definition) is 5. The molecule has 1 saturated heterocycles. The molecule has 19 heavy (non-hydrogen) atoms. The van der Waals surface area contributed by atoms with E-state index in [0.29, 0.717) is 23.9 Å². The first kappa shape index (κ1) is 14.0. The van der Waals surface area contributed by atoms with Crippen molar-refractivity contribution in [1.29, 1.82) is 0 Å². The Morgan fingerprint density at radius 1 is 1.53 bits per heavy atom. The van der Waals surface area contributed by atoms with Crippen molar-refractivity contribution >= 4 is 5.91 Å². The number of rotatable bonds is 4. The first-order valence-electron chi connectivity index (χ1n) is 6.50. The van der Waals surface area contributed by atoms with Crippen molar-refractivity contribution in [2.75, 3.05) is 20.3 Å². The summed E-state index contributed by atoms with van der Waals surface area (Å²) in [4.78, 5) is 13.7. The van der Waals surface area contributed by atoms with Crippen LogP contribution in [0.1, 0.15) is 34.7 Å². The monoisotopic (exact) mass is 267 g/mol. The Kier molecular flexibility index (Phi) is 4.57. The average Bonchev–Trinajstić information content (AvgIpc) is 2.79. The molecule has 0 radical (unpaired) electrons. The van der Waals surface area contributed by atoms with Crippen molar-refractivity contribution in [3.05, 3.63) is 23.2 Å². The summed E-state index contributed by atoms with van der Waals surface area (Å²) in [6, 6.07) is 2.26. The predicted molar refractivity (Wildman–Crippen MR) is 70.4 cm³/mol. The lowest BCUT2D eigenvalue weighted by Crippen LogP contribution is -2.36. The SMILES string of the molecule is Cc1oc(CN(C)C2CCOCC2)cc1C(=O)NN. The molecule has 0 aromatic carbocycles. The van der Waals surface area contributed by atoms with E-state index < -0.39 is 0 Å². The van der Waals surface area contributed by atoms with Gasteiger partial charge in [0.15, 0.2) is 0 Å². The second-order valence-electron chi connectivity index (χ2n) is 4.91. The number of ether oxygens (including phenoxy) is 1. The van der Waals surface area contributed by atoms with Gasteiger partial charge in [-0.25, -0.2) is 5.84 Å². The van der Waals surface area contributed by atoms with Gasteiger partial charge in [0.25, 0.3) is 5.91 Å². The minimum atomic E-state index is -0.318. The topological polar surface area (TPSA) is 80.7 Å². The summed E-state index contributed by atoms with van der Waals surface area (Å²) in [5.74, 6) is 6.19. The predicted octanol–water partition coefficient (Wildman–Crippen LogP) is 0.802. The maximum atomic E-state index is 11.5. The number of nitrogens with zero attached hydrogens (tertiary/aromatic N) is 1. The molecule has 0 saturated carbocycles. The number of nitrogen functional groups attached to an aromatic ring is 1. The Balaban J connectivity index is 2.00. The highest BCUT2D eigenvalue weighted by molar-refractivity contribution is 5.94. The lowest BCUT2D eigenvalue weighted by atomic mass is 10.1. The van der Waals surface area contributed by atoms with E-state index in [1.54, 1.807) is 13.0 Å². The molecule has 0 atom stereocenters. The molecule has 2 heterocycles. The van der Waals surface area contributed by atoms with Crippen LogP contribution < -0.4 is 11.3 Å². The third kappa shape index (κ3) is 3.34. The van der Waals surface area contributed by atoms with E-state index in [-0.39, 0.29) is 5.91 Å². The highest BCUT2D eigenvalue weighted by atomic mass is 16.5. The van der Waals surface area contributed by atoms with E-state index in [9.17, 15) is 4.79 Å². The number of hydrazine groups is 1. The summed E-state index contributed by atoms with van der Waals surface area (Å²) in [6.45, 7) is 4.08. The lowest BCUT2D eigenvalue weighted by Gasteiger charge is -2.30. The quantitative estimate of drug-likeness (QED) is 0.479. The van der Waals surface area contributed by atoms with E-state index in [2.05, 4.69) is 17.4 Å². The van der Waals surface area contributed by atoms with Gasteiger partial charge in [-0.05, 0) is 32.9 Å². The summed E-state index contributed by atoms with van der Waals surface area (Å²) in [5.41, 5.74) is 2.62. The summed E-state index contributed by atoms with van der Waals surface area (Å²) < 4.78 is 11.0. The molecule has 6 nitrogen and oxygen atoms in total. The first-order valence-corrected chi connectivity index (χ1v) is 6.50. The van der Waals surface area contributed by atoms with Crippen molar-refractivity contribution in [3.63, 3.8) is 0 Å². The number of hydrogen-bond donors (Lipinski definition) is 2. The van der Waals surface area contributed by atoms with Gasteiger partial charge in [0.2, 0.25) is 0 Å². The molecule has 1 fully saturated rings. The molecule has 0 bridgehead atoms. The Labute approximate surface area is 112 Å². The molecule has 2 rings (SSSR count). The van der Waals surface area contributed by atoms with Gasteiger partial charge < -0.3 is 9.15 Å². The molecule has 106 valence electrons. The Hall–Kier alpha value is -1.37. The minimum Gasteiger partial charge on any atom is -0.464 e. The Bertz CT molecular complexity index is 438. The first-order chi connectivity index (χ1) is 9.11. The number of carbonyl (C=O) groups is 1. The van der Waals surface area contributed by atoms with Gasteiger partial charge in [-0.3, -0.25) is 15.1 Å². The van der Waals surface area contributed by atoms with Crippen LogP contribution >= 0.6 is 0 Å². The van der Waals surface area contributed by atoms with E-state index >= 15 is 0 Å². The highest BCUT2D eigenvalue weighted by Gasteiger charge is 2.21. The molecule has 1 amide bonds. The smallest absolute Gasteiger partial charge is 0.268 e. The maximum Gasteiger partial charge on any atom is 0.268 e. The van der Waals surface area contributed by atoms with Crippen LogP contribution in [0.5, 0.6) is 0 Å². The third-order valence-corrected chi connectivity index (χ3v) is 3.56. The number of carbonyl (C=O) groups excluding carboxylic acids is 1. The normalized spacial score (nSPS) is 16.8. The van der Waals surface area contributed by atoms with Crippen molar-refractivity contribution in [2.45, 2.75) is 32.4 Å². The lowest BCUT2D eigenvalue weighted by molar-refractivity contribution is 0.0386. The van der Waals surface area contributed by atoms with E-state index in [4.69, 9.17) is 15.0 Å². The Morgan fingerprint density at radius 3 is 2.84 bits per heavy atom. The summed E-state index contributed by atoms with van der Waals surface area (Å²) in [6.07, 6.45) is 2.07. The van der Waals surface area contributed by atoms with Crippen LogP contribution in [0.25, 0.3) is 0 Å². The van der Waals surface area contributed by atoms with Gasteiger partial charge >= 0.3 is 0 Å². The van der Waals surface area contributed by atoms with Gasteiger partial charge in [0, 0.05) is 19.3 Å². The molecule has 0 aliphatic carbocycles. The van der Waals surface area contributed by atoms with Crippen LogP contribution in [0.15, 0.2) is 10.5 Å². The molecule has 1 aliphatic rings. The molecule has 0 unspecified atom stereocenters. The molecule has 0 spiro atoms. The molecular formula is C13H21N3O3. The fourth-order valence-corrected chi connectivity index (χ4v) is 2.43. The van der Waals surface area contributed by atoms with Crippen LogP contribution in [-0.4, -0.2) is 37.1 Å². The van der Waals surface area contributed by atoms with Crippen LogP contribution in [0.4, 0.5) is 0 Å². The summed E-state index contributed by atoms with van der Waals surface area (Å²) >= 11 is 0. The molecular weight excluding hydrogens is 246 g/mol. The van der Waals surface area contributed by atoms with Gasteiger partial charge in [0.05, 0.1) is 12.1 Å². The molecule has 3 N–H and O–H groups in total. The standard InChI is InChI=1S/C13H21N3O3/c1-9-12(13(17)15-14)7-11(19-9)8-16(2)10-3-5-18-6-4-10/h7,10H,3-6,8,14H2,1-2H3,(H,15,17). The van der Waals surface area contributed by atoms with Crippen LogP contribution in [0, 0.1) is 6.92 Å². The number of nitrogens with one attached hydrogen (secondary N) is 1. The second-order valence-corrected chi connectivity index (χ2v) is 4.91. The second kappa shape index (κ2) is 6.18. The number of furan rings is 1. The van der Waals surface area contributed by atoms with Crippen molar-refractivity contribution in [3.8, 4) is 0 Å². The summed E-state index contributed by atoms with van der Waals surface area (Å²) in [7, 11) is 2.07. The summed E-state index contributed by atoms with van der Waals surface area (Å²) in [5, 5.41) is 0. The van der Waals surface area contributed by atoms with Gasteiger partial charge in [0.1, 0.15) is 11.5 Å². The van der Waals surface area contributed by atoms with Crippen LogP contribution in [0.2, 0.25) is 0 Å². The average molecular weight is 267 g/mol. The zero-order valence-electron chi connectivity index (χ0n) is 11.4. The molecule has 1 aromatic heterocycles. The highest BCUT2D eigenvalue weighted by Crippen LogP contribution is 2.19. The fraction of sp³-hybridized carbons (Fsp3) is 0.615. The van der Waals surface area contributed by atoms with E-state index in [1.807, 2.05) is 0 Å². The zero-order chi connectivity index (χ0) is 13.8. The van der Waals surface area contributed by atoms with Crippen molar-refractivity contribution < 1.29 is 13.9 Å². The maximum absolute atomic E-state index is 11.5. The Morgan fingerprint density at radius 2 is 2.21 bits per heavy atom. The van der Waals surface area contributed by atoms with Crippen LogP contribution in [-0.2, 0) is 11.3 Å². The van der Waals surface area contributed by atoms with Gasteiger partial charge in [-0.15, -0.1) is 0 Å². The van der Waals surface area contributed by atoms with Gasteiger partial charge in [-0.1, -0.05) is 0 Å². The van der Waals surface area contributed by atoms with Crippen molar-refractivity contribution in [1.82, 2.24) is 10.3 Å². The fourth-order valence-electron chi connectivity index (χ4n) is 2.43. The van der Waals surface area contributed by atoms with Crippen LogP contribution in [0.3, 0.4) is 0 Å². The number of nitrogens with two attached hydrogens (primary N) is 1. The van der Waals surface area contributed by atoms with Gasteiger partial charge in [-0.2, -0.15) is 0 Å². The zero-order valence-corrected chi connectivity index (χ0v) is 11.4. The molecule has 6 heteroatoms. The van der Waals surface area contributed by atoms with E-state index in [0.717, 1.165) is 31.8 Å². The number of amides is 1. The molecule has 1 aromatic rings. The number of aryl methyl sites for hydroxylation is 1. The third-order valence-electron chi connectivity index (χ3n) is 3.56.